The van der Waals surface area contributed by atoms with Crippen molar-refractivity contribution in [3.63, 3.8) is 0 Å². The van der Waals surface area contributed by atoms with Crippen LogP contribution in [0.4, 0.5) is 5.69 Å². The van der Waals surface area contributed by atoms with E-state index >= 15 is 0 Å². The Hall–Kier alpha value is -0.590. The molecule has 1 rings (SSSR count). The van der Waals surface area contributed by atoms with Crippen LogP contribution in [0, 0.1) is 10.1 Å². The first-order valence-electron chi connectivity index (χ1n) is 5.14. The standard InChI is InChI=1S/C11H14BrNO3S/c1-7(14)8(2)17-6-9-3-4-10(12)5-11(9)13(15)16/h3-5,7-8,14H,6H2,1-2H3. The van der Waals surface area contributed by atoms with Crippen LogP contribution in [0.15, 0.2) is 22.7 Å². The predicted octanol–water partition coefficient (Wildman–Crippen LogP) is 3.36. The number of hydrogen-bond donors (Lipinski definition) is 1. The molecule has 0 aliphatic carbocycles. The van der Waals surface area contributed by atoms with Crippen molar-refractivity contribution in [2.45, 2.75) is 31.0 Å². The van der Waals surface area contributed by atoms with Crippen molar-refractivity contribution in [1.29, 1.82) is 0 Å². The predicted molar refractivity (Wildman–Crippen MR) is 73.2 cm³/mol. The molecule has 1 aromatic carbocycles. The van der Waals surface area contributed by atoms with E-state index in [1.165, 1.54) is 17.8 Å². The van der Waals surface area contributed by atoms with Crippen LogP contribution in [0.1, 0.15) is 19.4 Å². The summed E-state index contributed by atoms with van der Waals surface area (Å²) in [5.41, 5.74) is 0.792. The highest BCUT2D eigenvalue weighted by molar-refractivity contribution is 9.10. The molecule has 0 spiro atoms. The van der Waals surface area contributed by atoms with Crippen LogP contribution in [-0.2, 0) is 5.75 Å². The van der Waals surface area contributed by atoms with Crippen molar-refractivity contribution in [2.24, 2.45) is 0 Å². The molecule has 0 amide bonds. The summed E-state index contributed by atoms with van der Waals surface area (Å²) in [5, 5.41) is 20.3. The lowest BCUT2D eigenvalue weighted by Crippen LogP contribution is -2.15. The molecule has 94 valence electrons. The van der Waals surface area contributed by atoms with Gasteiger partial charge in [-0.15, -0.1) is 0 Å². The Morgan fingerprint density at radius 3 is 2.71 bits per heavy atom. The van der Waals surface area contributed by atoms with E-state index in [0.717, 1.165) is 0 Å². The molecule has 0 radical (unpaired) electrons. The second-order valence-corrected chi connectivity index (χ2v) is 6.07. The highest BCUT2D eigenvalue weighted by atomic mass is 79.9. The third-order valence-electron chi connectivity index (χ3n) is 2.43. The van der Waals surface area contributed by atoms with Crippen molar-refractivity contribution < 1.29 is 10.0 Å². The van der Waals surface area contributed by atoms with E-state index < -0.39 is 6.10 Å². The average Bonchev–Trinajstić information content (AvgIpc) is 2.26. The van der Waals surface area contributed by atoms with Crippen molar-refractivity contribution in [3.05, 3.63) is 38.3 Å². The van der Waals surface area contributed by atoms with Gasteiger partial charge in [0.05, 0.1) is 11.0 Å². The van der Waals surface area contributed by atoms with Crippen LogP contribution >= 0.6 is 27.7 Å². The van der Waals surface area contributed by atoms with Crippen LogP contribution in [0.5, 0.6) is 0 Å². The van der Waals surface area contributed by atoms with Gasteiger partial charge in [0.15, 0.2) is 0 Å². The maximum absolute atomic E-state index is 10.9. The quantitative estimate of drug-likeness (QED) is 0.667. The molecule has 2 atom stereocenters. The molecular weight excluding hydrogens is 306 g/mol. The Kier molecular flexibility index (Phi) is 5.42. The Morgan fingerprint density at radius 2 is 2.18 bits per heavy atom. The fourth-order valence-electron chi connectivity index (χ4n) is 1.19. The molecule has 6 heteroatoms. The molecule has 17 heavy (non-hydrogen) atoms. The number of nitro groups is 1. The minimum Gasteiger partial charge on any atom is -0.392 e. The van der Waals surface area contributed by atoms with E-state index in [0.29, 0.717) is 15.8 Å². The zero-order valence-corrected chi connectivity index (χ0v) is 12.0. The molecule has 0 saturated heterocycles. The molecule has 1 aromatic rings. The summed E-state index contributed by atoms with van der Waals surface area (Å²) in [6, 6.07) is 5.03. The molecule has 0 aromatic heterocycles. The smallest absolute Gasteiger partial charge is 0.274 e. The lowest BCUT2D eigenvalue weighted by Gasteiger charge is -2.13. The molecule has 1 N–H and O–H groups in total. The van der Waals surface area contributed by atoms with Gasteiger partial charge < -0.3 is 5.11 Å². The number of halogens is 1. The number of thioether (sulfide) groups is 1. The van der Waals surface area contributed by atoms with Gasteiger partial charge in [-0.1, -0.05) is 28.9 Å². The summed E-state index contributed by atoms with van der Waals surface area (Å²) in [6.07, 6.45) is -0.422. The van der Waals surface area contributed by atoms with Gasteiger partial charge >= 0.3 is 0 Å². The number of benzene rings is 1. The Morgan fingerprint density at radius 1 is 1.53 bits per heavy atom. The van der Waals surface area contributed by atoms with Crippen LogP contribution in [0.2, 0.25) is 0 Å². The normalized spacial score (nSPS) is 14.4. The topological polar surface area (TPSA) is 63.4 Å². The summed E-state index contributed by atoms with van der Waals surface area (Å²) < 4.78 is 0.696. The monoisotopic (exact) mass is 319 g/mol. The summed E-state index contributed by atoms with van der Waals surface area (Å²) in [6.45, 7) is 3.62. The van der Waals surface area contributed by atoms with Crippen LogP contribution in [0.3, 0.4) is 0 Å². The molecule has 0 bridgehead atoms. The zero-order chi connectivity index (χ0) is 13.0. The van der Waals surface area contributed by atoms with Crippen molar-refractivity contribution in [1.82, 2.24) is 0 Å². The van der Waals surface area contributed by atoms with Crippen LogP contribution in [0.25, 0.3) is 0 Å². The van der Waals surface area contributed by atoms with Crippen molar-refractivity contribution >= 4 is 33.4 Å². The first kappa shape index (κ1) is 14.5. The molecule has 0 saturated carbocycles. The highest BCUT2D eigenvalue weighted by Gasteiger charge is 2.16. The highest BCUT2D eigenvalue weighted by Crippen LogP contribution is 2.29. The summed E-state index contributed by atoms with van der Waals surface area (Å²) in [5.74, 6) is 0.523. The van der Waals surface area contributed by atoms with Crippen molar-refractivity contribution in [3.8, 4) is 0 Å². The van der Waals surface area contributed by atoms with Gasteiger partial charge in [-0.3, -0.25) is 10.1 Å². The van der Waals surface area contributed by atoms with Gasteiger partial charge in [-0.2, -0.15) is 11.8 Å². The Labute approximate surface area is 113 Å². The van der Waals surface area contributed by atoms with Gasteiger partial charge in [-0.05, 0) is 13.0 Å². The lowest BCUT2D eigenvalue weighted by atomic mass is 10.2. The number of rotatable bonds is 5. The minimum atomic E-state index is -0.422. The van der Waals surface area contributed by atoms with Gasteiger partial charge in [0.25, 0.3) is 5.69 Å². The SMILES string of the molecule is CC(O)C(C)SCc1ccc(Br)cc1[N+](=O)[O-]. The third kappa shape index (κ3) is 4.29. The second kappa shape index (κ2) is 6.37. The minimum absolute atomic E-state index is 0.0539. The van der Waals surface area contributed by atoms with Crippen LogP contribution < -0.4 is 0 Å². The van der Waals surface area contributed by atoms with Crippen molar-refractivity contribution in [2.75, 3.05) is 0 Å². The number of aliphatic hydroxyl groups excluding tert-OH is 1. The molecule has 4 nitrogen and oxygen atoms in total. The summed E-state index contributed by atoms with van der Waals surface area (Å²) in [7, 11) is 0. The number of nitrogens with zero attached hydrogens (tertiary/aromatic N) is 1. The fraction of sp³-hybridized carbons (Fsp3) is 0.455. The van der Waals surface area contributed by atoms with E-state index in [4.69, 9.17) is 0 Å². The average molecular weight is 320 g/mol. The number of hydrogen-bond acceptors (Lipinski definition) is 4. The second-order valence-electron chi connectivity index (χ2n) is 3.79. The largest absolute Gasteiger partial charge is 0.392 e. The molecule has 0 heterocycles. The first-order chi connectivity index (χ1) is 7.91. The maximum Gasteiger partial charge on any atom is 0.274 e. The number of aliphatic hydroxyl groups is 1. The Bertz CT molecular complexity index is 412. The number of nitro benzene ring substituents is 1. The lowest BCUT2D eigenvalue weighted by molar-refractivity contribution is -0.385. The molecule has 0 aliphatic heterocycles. The fourth-order valence-corrected chi connectivity index (χ4v) is 2.50. The maximum atomic E-state index is 10.9. The zero-order valence-electron chi connectivity index (χ0n) is 9.59. The first-order valence-corrected chi connectivity index (χ1v) is 6.98. The van der Waals surface area contributed by atoms with Gasteiger partial charge in [-0.25, -0.2) is 0 Å². The van der Waals surface area contributed by atoms with E-state index in [1.54, 1.807) is 19.1 Å². The van der Waals surface area contributed by atoms with E-state index in [-0.39, 0.29) is 15.9 Å². The third-order valence-corrected chi connectivity index (χ3v) is 4.32. The molecular formula is C11H14BrNO3S. The molecule has 2 unspecified atom stereocenters. The Balaban J connectivity index is 2.80. The molecule has 0 aliphatic rings. The van der Waals surface area contributed by atoms with E-state index in [2.05, 4.69) is 15.9 Å². The summed E-state index contributed by atoms with van der Waals surface area (Å²) >= 11 is 4.72. The molecule has 0 fully saturated rings. The van der Waals surface area contributed by atoms with Gasteiger partial charge in [0.1, 0.15) is 0 Å². The summed E-state index contributed by atoms with van der Waals surface area (Å²) in [4.78, 5) is 10.5. The van der Waals surface area contributed by atoms with Crippen LogP contribution in [-0.4, -0.2) is 21.4 Å². The van der Waals surface area contributed by atoms with E-state index in [1.807, 2.05) is 6.92 Å². The van der Waals surface area contributed by atoms with E-state index in [9.17, 15) is 15.2 Å². The van der Waals surface area contributed by atoms with Gasteiger partial charge in [0, 0.05) is 27.1 Å². The van der Waals surface area contributed by atoms with Gasteiger partial charge in [0.2, 0.25) is 0 Å².